The van der Waals surface area contributed by atoms with Gasteiger partial charge >= 0.3 is 0 Å². The average molecular weight is 438 g/mol. The molecule has 162 valence electrons. The molecule has 0 saturated carbocycles. The standard InChI is InChI=1S/C21H15F5N2O3/c1-28-8-7-13(27-28)14(29)5-3-11-4-6-15(30-2)12(9-11)10-31-21-19(25)17(23)16(22)18(24)20(21)26/h3-9H,10H2,1-2H3/b5-3+. The fourth-order valence-electron chi connectivity index (χ4n) is 2.68. The van der Waals surface area contributed by atoms with Gasteiger partial charge in [0.05, 0.1) is 7.11 Å². The van der Waals surface area contributed by atoms with E-state index in [1.165, 1.54) is 36.1 Å². The lowest BCUT2D eigenvalue weighted by molar-refractivity contribution is 0.104. The van der Waals surface area contributed by atoms with Crippen molar-refractivity contribution < 1.29 is 36.2 Å². The van der Waals surface area contributed by atoms with Gasteiger partial charge in [-0.25, -0.2) is 13.2 Å². The molecule has 0 atom stereocenters. The van der Waals surface area contributed by atoms with Crippen LogP contribution >= 0.6 is 0 Å². The van der Waals surface area contributed by atoms with Crippen LogP contribution in [0.3, 0.4) is 0 Å². The van der Waals surface area contributed by atoms with Crippen LogP contribution in [0.25, 0.3) is 6.08 Å². The van der Waals surface area contributed by atoms with Crippen LogP contribution in [0, 0.1) is 29.1 Å². The summed E-state index contributed by atoms with van der Waals surface area (Å²) in [4.78, 5) is 12.1. The Balaban J connectivity index is 1.84. The van der Waals surface area contributed by atoms with E-state index in [4.69, 9.17) is 9.47 Å². The molecule has 0 saturated heterocycles. The number of ketones is 1. The third kappa shape index (κ3) is 4.57. The first kappa shape index (κ1) is 22.0. The highest BCUT2D eigenvalue weighted by Gasteiger charge is 2.27. The zero-order chi connectivity index (χ0) is 22.7. The summed E-state index contributed by atoms with van der Waals surface area (Å²) in [5.41, 5.74) is 0.988. The Morgan fingerprint density at radius 3 is 2.26 bits per heavy atom. The van der Waals surface area contributed by atoms with Crippen molar-refractivity contribution in [2.24, 2.45) is 7.05 Å². The molecule has 0 bridgehead atoms. The van der Waals surface area contributed by atoms with Crippen LogP contribution in [0.1, 0.15) is 21.6 Å². The van der Waals surface area contributed by atoms with Crippen LogP contribution in [0.4, 0.5) is 22.0 Å². The van der Waals surface area contributed by atoms with Crippen LogP contribution in [-0.2, 0) is 13.7 Å². The Morgan fingerprint density at radius 1 is 1.03 bits per heavy atom. The molecule has 31 heavy (non-hydrogen) atoms. The SMILES string of the molecule is COc1ccc(/C=C/C(=O)c2ccn(C)n2)cc1COc1c(F)c(F)c(F)c(F)c1F. The van der Waals surface area contributed by atoms with E-state index in [9.17, 15) is 26.7 Å². The van der Waals surface area contributed by atoms with Gasteiger partial charge in [0, 0.05) is 18.8 Å². The summed E-state index contributed by atoms with van der Waals surface area (Å²) >= 11 is 0. The fraction of sp³-hybridized carbons (Fsp3) is 0.143. The van der Waals surface area contributed by atoms with E-state index in [0.717, 1.165) is 0 Å². The summed E-state index contributed by atoms with van der Waals surface area (Å²) in [6.45, 7) is -0.558. The van der Waals surface area contributed by atoms with Crippen molar-refractivity contribution in [3.8, 4) is 11.5 Å². The van der Waals surface area contributed by atoms with Crippen LogP contribution < -0.4 is 9.47 Å². The molecule has 1 heterocycles. The molecule has 10 heteroatoms. The number of ether oxygens (including phenoxy) is 2. The maximum atomic E-state index is 13.8. The van der Waals surface area contributed by atoms with Gasteiger partial charge in [0.2, 0.25) is 34.9 Å². The molecular weight excluding hydrogens is 423 g/mol. The minimum Gasteiger partial charge on any atom is -0.496 e. The van der Waals surface area contributed by atoms with Crippen LogP contribution in [0.15, 0.2) is 36.5 Å². The molecule has 3 rings (SSSR count). The van der Waals surface area contributed by atoms with Crippen molar-refractivity contribution in [1.82, 2.24) is 9.78 Å². The van der Waals surface area contributed by atoms with Crippen molar-refractivity contribution in [1.29, 1.82) is 0 Å². The van der Waals surface area contributed by atoms with Gasteiger partial charge < -0.3 is 9.47 Å². The van der Waals surface area contributed by atoms with Gasteiger partial charge in [-0.15, -0.1) is 0 Å². The monoisotopic (exact) mass is 438 g/mol. The number of carbonyl (C=O) groups excluding carboxylic acids is 1. The van der Waals surface area contributed by atoms with E-state index in [2.05, 4.69) is 5.10 Å². The fourth-order valence-corrected chi connectivity index (χ4v) is 2.68. The minimum absolute atomic E-state index is 0.238. The van der Waals surface area contributed by atoms with Crippen molar-refractivity contribution in [2.45, 2.75) is 6.61 Å². The number of aromatic nitrogens is 2. The molecule has 5 nitrogen and oxygen atoms in total. The van der Waals surface area contributed by atoms with Gasteiger partial charge in [-0.3, -0.25) is 9.48 Å². The van der Waals surface area contributed by atoms with Crippen molar-refractivity contribution in [2.75, 3.05) is 7.11 Å². The topological polar surface area (TPSA) is 53.4 Å². The highest BCUT2D eigenvalue weighted by atomic mass is 19.2. The van der Waals surface area contributed by atoms with Gasteiger partial charge in [0.1, 0.15) is 18.1 Å². The summed E-state index contributed by atoms with van der Waals surface area (Å²) in [5.74, 6) is -12.1. The molecule has 0 fully saturated rings. The minimum atomic E-state index is -2.27. The molecular formula is C21H15F5N2O3. The van der Waals surface area contributed by atoms with Crippen molar-refractivity contribution in [3.05, 3.63) is 82.4 Å². The lowest BCUT2D eigenvalue weighted by atomic mass is 10.1. The van der Waals surface area contributed by atoms with Crippen molar-refractivity contribution in [3.63, 3.8) is 0 Å². The average Bonchev–Trinajstić information content (AvgIpc) is 3.21. The van der Waals surface area contributed by atoms with Crippen LogP contribution in [0.2, 0.25) is 0 Å². The number of rotatable bonds is 7. The summed E-state index contributed by atoms with van der Waals surface area (Å²) in [6.07, 6.45) is 4.36. The Kier molecular flexibility index (Phi) is 6.38. The Morgan fingerprint density at radius 2 is 1.68 bits per heavy atom. The molecule has 1 aromatic heterocycles. The molecule has 0 aliphatic rings. The summed E-state index contributed by atoms with van der Waals surface area (Å²) in [7, 11) is 3.00. The normalized spacial score (nSPS) is 11.2. The van der Waals surface area contributed by atoms with E-state index in [1.54, 1.807) is 25.4 Å². The number of methoxy groups -OCH3 is 1. The molecule has 0 aliphatic heterocycles. The van der Waals surface area contributed by atoms with E-state index in [1.807, 2.05) is 0 Å². The second-order valence-electron chi connectivity index (χ2n) is 6.33. The number of halogens is 5. The molecule has 0 N–H and O–H groups in total. The number of aryl methyl sites for hydroxylation is 1. The van der Waals surface area contributed by atoms with E-state index < -0.39 is 41.4 Å². The third-order valence-corrected chi connectivity index (χ3v) is 4.24. The van der Waals surface area contributed by atoms with Crippen molar-refractivity contribution >= 4 is 11.9 Å². The lowest BCUT2D eigenvalue weighted by Gasteiger charge is -2.13. The van der Waals surface area contributed by atoms with Gasteiger partial charge in [-0.2, -0.15) is 13.9 Å². The van der Waals surface area contributed by atoms with E-state index in [0.29, 0.717) is 5.56 Å². The van der Waals surface area contributed by atoms with Crippen LogP contribution in [-0.4, -0.2) is 22.7 Å². The molecule has 2 aromatic carbocycles. The van der Waals surface area contributed by atoms with E-state index >= 15 is 0 Å². The van der Waals surface area contributed by atoms with Gasteiger partial charge in [-0.1, -0.05) is 12.1 Å². The summed E-state index contributed by atoms with van der Waals surface area (Å²) in [5, 5.41) is 3.98. The molecule has 3 aromatic rings. The predicted molar refractivity (Wildman–Crippen MR) is 100 cm³/mol. The number of carbonyl (C=O) groups is 1. The molecule has 0 unspecified atom stereocenters. The molecule has 0 aliphatic carbocycles. The van der Waals surface area contributed by atoms with Gasteiger partial charge in [-0.05, 0) is 29.8 Å². The Labute approximate surface area is 173 Å². The number of hydrogen-bond donors (Lipinski definition) is 0. The molecule has 0 amide bonds. The second kappa shape index (κ2) is 8.99. The van der Waals surface area contributed by atoms with Crippen LogP contribution in [0.5, 0.6) is 11.5 Å². The predicted octanol–water partition coefficient (Wildman–Crippen LogP) is 4.60. The Hall–Kier alpha value is -3.69. The maximum absolute atomic E-state index is 13.8. The highest BCUT2D eigenvalue weighted by Crippen LogP contribution is 2.31. The maximum Gasteiger partial charge on any atom is 0.207 e. The smallest absolute Gasteiger partial charge is 0.207 e. The lowest BCUT2D eigenvalue weighted by Crippen LogP contribution is -2.07. The zero-order valence-electron chi connectivity index (χ0n) is 16.3. The van der Waals surface area contributed by atoms with Gasteiger partial charge in [0.25, 0.3) is 0 Å². The number of allylic oxidation sites excluding steroid dienone is 1. The van der Waals surface area contributed by atoms with E-state index in [-0.39, 0.29) is 22.8 Å². The quantitative estimate of drug-likeness (QED) is 0.178. The van der Waals surface area contributed by atoms with Gasteiger partial charge in [0.15, 0.2) is 5.75 Å². The third-order valence-electron chi connectivity index (χ3n) is 4.24. The molecule has 0 spiro atoms. The first-order chi connectivity index (χ1) is 14.7. The summed E-state index contributed by atoms with van der Waals surface area (Å²) in [6, 6.07) is 6.13. The first-order valence-corrected chi connectivity index (χ1v) is 8.76. The number of benzene rings is 2. The second-order valence-corrected chi connectivity index (χ2v) is 6.33. The number of hydrogen-bond acceptors (Lipinski definition) is 4. The zero-order valence-corrected chi connectivity index (χ0v) is 16.3. The summed E-state index contributed by atoms with van der Waals surface area (Å²) < 4.78 is 79.0. The first-order valence-electron chi connectivity index (χ1n) is 8.76. The largest absolute Gasteiger partial charge is 0.496 e. The number of nitrogens with zero attached hydrogens (tertiary/aromatic N) is 2. The highest BCUT2D eigenvalue weighted by molar-refractivity contribution is 6.05. The Bertz CT molecular complexity index is 1150. The molecule has 0 radical (unpaired) electrons.